The molecule has 1 saturated carbocycles. The van der Waals surface area contributed by atoms with Crippen molar-refractivity contribution in [3.05, 3.63) is 33.6 Å². The van der Waals surface area contributed by atoms with Crippen LogP contribution in [0.2, 0.25) is 10.0 Å². The van der Waals surface area contributed by atoms with Crippen molar-refractivity contribution in [2.24, 2.45) is 5.92 Å². The Balaban J connectivity index is 1.98. The first kappa shape index (κ1) is 18.4. The van der Waals surface area contributed by atoms with E-state index < -0.39 is 27.3 Å². The van der Waals surface area contributed by atoms with Crippen molar-refractivity contribution in [1.29, 1.82) is 0 Å². The topological polar surface area (TPSA) is 75.3 Å². The highest BCUT2D eigenvalue weighted by Crippen LogP contribution is 2.25. The Morgan fingerprint density at radius 2 is 1.87 bits per heavy atom. The number of sulfonamides is 1. The third-order valence-corrected chi connectivity index (χ3v) is 5.55. The molecule has 0 aliphatic heterocycles. The lowest BCUT2D eigenvalue weighted by Gasteiger charge is -2.21. The van der Waals surface area contributed by atoms with Crippen LogP contribution < -0.4 is 10.3 Å². The number of nitrogens with one attached hydrogen (secondary N) is 2. The maximum atomic E-state index is 13.8. The van der Waals surface area contributed by atoms with Gasteiger partial charge in [0, 0.05) is 5.02 Å². The van der Waals surface area contributed by atoms with Crippen LogP contribution in [0.25, 0.3) is 0 Å². The van der Waals surface area contributed by atoms with E-state index >= 15 is 0 Å². The van der Waals surface area contributed by atoms with E-state index in [4.69, 9.17) is 23.2 Å². The monoisotopic (exact) mass is 382 g/mol. The average Bonchev–Trinajstić information content (AvgIpc) is 2.49. The van der Waals surface area contributed by atoms with Crippen LogP contribution in [0.5, 0.6) is 0 Å². The molecule has 0 unspecified atom stereocenters. The molecule has 0 radical (unpaired) electrons. The van der Waals surface area contributed by atoms with Crippen molar-refractivity contribution >= 4 is 39.1 Å². The van der Waals surface area contributed by atoms with Gasteiger partial charge in [0.15, 0.2) is 5.82 Å². The smallest absolute Gasteiger partial charge is 0.269 e. The van der Waals surface area contributed by atoms with E-state index in [1.54, 1.807) is 0 Å². The molecule has 1 aromatic carbocycles. The zero-order valence-electron chi connectivity index (χ0n) is 12.2. The fourth-order valence-corrected chi connectivity index (χ4v) is 4.40. The molecule has 128 valence electrons. The van der Waals surface area contributed by atoms with E-state index in [0.717, 1.165) is 44.2 Å². The van der Waals surface area contributed by atoms with E-state index in [1.807, 2.05) is 10.3 Å². The number of carbonyl (C=O) groups excluding carboxylic acids is 1. The molecule has 5 nitrogen and oxygen atoms in total. The van der Waals surface area contributed by atoms with Gasteiger partial charge in [0.2, 0.25) is 10.0 Å². The molecule has 1 fully saturated rings. The Labute approximate surface area is 144 Å². The second-order valence-corrected chi connectivity index (χ2v) is 8.20. The first-order valence-corrected chi connectivity index (χ1v) is 9.63. The molecule has 9 heteroatoms. The lowest BCUT2D eigenvalue weighted by Crippen LogP contribution is -2.44. The van der Waals surface area contributed by atoms with Crippen molar-refractivity contribution in [1.82, 2.24) is 10.3 Å². The van der Waals surface area contributed by atoms with Crippen molar-refractivity contribution < 1.29 is 17.6 Å². The Morgan fingerprint density at radius 3 is 2.52 bits per heavy atom. The van der Waals surface area contributed by atoms with Crippen LogP contribution in [0.4, 0.5) is 4.39 Å². The van der Waals surface area contributed by atoms with E-state index in [-0.39, 0.29) is 21.7 Å². The summed E-state index contributed by atoms with van der Waals surface area (Å²) in [5.74, 6) is -1.90. The lowest BCUT2D eigenvalue weighted by molar-refractivity contribution is 0.0941. The number of halogens is 3. The second kappa shape index (κ2) is 7.79. The molecule has 2 N–H and O–H groups in total. The van der Waals surface area contributed by atoms with Gasteiger partial charge in [-0.2, -0.15) is 0 Å². The number of hydrogen-bond acceptors (Lipinski definition) is 3. The maximum Gasteiger partial charge on any atom is 0.269 e. The van der Waals surface area contributed by atoms with E-state index in [9.17, 15) is 17.6 Å². The molecule has 0 aromatic heterocycles. The molecule has 1 aliphatic carbocycles. The van der Waals surface area contributed by atoms with Gasteiger partial charge in [0.05, 0.1) is 16.3 Å². The van der Waals surface area contributed by atoms with Gasteiger partial charge in [-0.05, 0) is 30.9 Å². The molecule has 0 saturated heterocycles. The predicted octanol–water partition coefficient (Wildman–Crippen LogP) is 3.28. The minimum atomic E-state index is -3.69. The molecule has 0 heterocycles. The largest absolute Gasteiger partial charge is 0.274 e. The van der Waals surface area contributed by atoms with Gasteiger partial charge in [-0.15, -0.1) is 4.83 Å². The van der Waals surface area contributed by atoms with Gasteiger partial charge in [0.1, 0.15) is 0 Å². The molecular formula is C14H17Cl2FN2O3S. The average molecular weight is 383 g/mol. The van der Waals surface area contributed by atoms with Crippen molar-refractivity contribution in [2.45, 2.75) is 32.1 Å². The van der Waals surface area contributed by atoms with Gasteiger partial charge >= 0.3 is 0 Å². The summed E-state index contributed by atoms with van der Waals surface area (Å²) in [6, 6.07) is 2.23. The van der Waals surface area contributed by atoms with Crippen molar-refractivity contribution in [3.8, 4) is 0 Å². The van der Waals surface area contributed by atoms with Crippen LogP contribution in [0.15, 0.2) is 12.1 Å². The number of hydrazine groups is 1. The van der Waals surface area contributed by atoms with Gasteiger partial charge in [-0.25, -0.2) is 12.8 Å². The van der Waals surface area contributed by atoms with Crippen LogP contribution in [-0.4, -0.2) is 20.1 Å². The summed E-state index contributed by atoms with van der Waals surface area (Å²) in [5, 5.41) is -0.237. The van der Waals surface area contributed by atoms with E-state index in [1.165, 1.54) is 0 Å². The number of benzene rings is 1. The minimum Gasteiger partial charge on any atom is -0.274 e. The lowest BCUT2D eigenvalue weighted by atomic mass is 9.91. The molecule has 23 heavy (non-hydrogen) atoms. The fraction of sp³-hybridized carbons (Fsp3) is 0.500. The predicted molar refractivity (Wildman–Crippen MR) is 87.4 cm³/mol. The molecule has 1 aliphatic rings. The van der Waals surface area contributed by atoms with Gasteiger partial charge in [0.25, 0.3) is 5.91 Å². The standard InChI is InChI=1S/C14H17Cl2FN2O3S/c15-10-6-11(13(17)12(16)7-10)14(20)18-19-23(21,22)8-9-4-2-1-3-5-9/h6-7,9,19H,1-5,8H2,(H,18,20). The summed E-state index contributed by atoms with van der Waals surface area (Å²) >= 11 is 11.3. The number of amides is 1. The summed E-state index contributed by atoms with van der Waals surface area (Å²) in [5.41, 5.74) is 1.56. The number of hydrogen-bond donors (Lipinski definition) is 2. The summed E-state index contributed by atoms with van der Waals surface area (Å²) in [4.78, 5) is 13.9. The Morgan fingerprint density at radius 1 is 1.22 bits per heavy atom. The fourth-order valence-electron chi connectivity index (χ4n) is 2.62. The summed E-state index contributed by atoms with van der Waals surface area (Å²) in [7, 11) is -3.69. The molecule has 1 aromatic rings. The molecule has 0 spiro atoms. The Kier molecular flexibility index (Phi) is 6.25. The molecule has 0 atom stereocenters. The Bertz CT molecular complexity index is 692. The van der Waals surface area contributed by atoms with Gasteiger partial charge < -0.3 is 0 Å². The summed E-state index contributed by atoms with van der Waals surface area (Å²) in [6.07, 6.45) is 4.85. The minimum absolute atomic E-state index is 0.0634. The molecule has 2 rings (SSSR count). The van der Waals surface area contributed by atoms with Crippen LogP contribution >= 0.6 is 23.2 Å². The van der Waals surface area contributed by atoms with Gasteiger partial charge in [-0.1, -0.05) is 42.5 Å². The first-order valence-electron chi connectivity index (χ1n) is 7.23. The highest BCUT2D eigenvalue weighted by molar-refractivity contribution is 7.89. The summed E-state index contributed by atoms with van der Waals surface area (Å²) in [6.45, 7) is 0. The Hall–Kier alpha value is -0.890. The second-order valence-electron chi connectivity index (χ2n) is 5.59. The normalized spacial score (nSPS) is 16.3. The van der Waals surface area contributed by atoms with E-state index in [0.29, 0.717) is 0 Å². The van der Waals surface area contributed by atoms with Crippen molar-refractivity contribution in [2.75, 3.05) is 5.75 Å². The zero-order chi connectivity index (χ0) is 17.0. The zero-order valence-corrected chi connectivity index (χ0v) is 14.6. The highest BCUT2D eigenvalue weighted by Gasteiger charge is 2.23. The molecular weight excluding hydrogens is 366 g/mol. The first-order chi connectivity index (χ1) is 10.8. The molecule has 0 bridgehead atoms. The van der Waals surface area contributed by atoms with Crippen molar-refractivity contribution in [3.63, 3.8) is 0 Å². The van der Waals surface area contributed by atoms with Crippen LogP contribution in [0, 0.1) is 11.7 Å². The number of rotatable bonds is 5. The van der Waals surface area contributed by atoms with E-state index in [2.05, 4.69) is 0 Å². The van der Waals surface area contributed by atoms with Crippen LogP contribution in [0.3, 0.4) is 0 Å². The SMILES string of the molecule is O=C(NNS(=O)(=O)CC1CCCCC1)c1cc(Cl)cc(Cl)c1F. The summed E-state index contributed by atoms with van der Waals surface area (Å²) < 4.78 is 37.8. The van der Waals surface area contributed by atoms with Gasteiger partial charge in [-0.3, -0.25) is 10.2 Å². The number of carbonyl (C=O) groups is 1. The third-order valence-electron chi connectivity index (χ3n) is 3.74. The maximum absolute atomic E-state index is 13.8. The van der Waals surface area contributed by atoms with Crippen LogP contribution in [0.1, 0.15) is 42.5 Å². The van der Waals surface area contributed by atoms with Crippen LogP contribution in [-0.2, 0) is 10.0 Å². The molecule has 1 amide bonds. The quantitative estimate of drug-likeness (QED) is 0.605. The third kappa shape index (κ3) is 5.31. The highest BCUT2D eigenvalue weighted by atomic mass is 35.5.